The second-order valence-electron chi connectivity index (χ2n) is 7.59. The molecule has 1 saturated heterocycles. The molecule has 1 aliphatic rings. The molecule has 8 heteroatoms. The van der Waals surface area contributed by atoms with Gasteiger partial charge in [-0.05, 0) is 46.8 Å². The predicted molar refractivity (Wildman–Crippen MR) is 112 cm³/mol. The minimum Gasteiger partial charge on any atom is -0.497 e. The molecule has 2 heterocycles. The minimum absolute atomic E-state index is 0.0695. The first-order valence-electron chi connectivity index (χ1n) is 10.4. The van der Waals surface area contributed by atoms with Crippen LogP contribution in [0.2, 0.25) is 0 Å². The molecular weight excluding hydrogens is 380 g/mol. The van der Waals surface area contributed by atoms with Crippen LogP contribution in [0.3, 0.4) is 0 Å². The lowest BCUT2D eigenvalue weighted by Gasteiger charge is -2.34. The van der Waals surface area contributed by atoms with Gasteiger partial charge >= 0.3 is 0 Å². The van der Waals surface area contributed by atoms with Crippen LogP contribution < -0.4 is 14.5 Å². The molecule has 1 aliphatic heterocycles. The third-order valence-electron chi connectivity index (χ3n) is 5.86. The van der Waals surface area contributed by atoms with Crippen molar-refractivity contribution in [2.75, 3.05) is 47.0 Å². The van der Waals surface area contributed by atoms with Crippen molar-refractivity contribution in [2.45, 2.75) is 12.6 Å². The van der Waals surface area contributed by atoms with E-state index in [9.17, 15) is 0 Å². The molecule has 4 rings (SSSR count). The monoisotopic (exact) mass is 410 g/mol. The van der Waals surface area contributed by atoms with E-state index in [1.165, 1.54) is 21.1 Å². The van der Waals surface area contributed by atoms with Crippen LogP contribution in [-0.2, 0) is 11.3 Å². The summed E-state index contributed by atoms with van der Waals surface area (Å²) in [7, 11) is 3.39. The molecule has 1 atom stereocenters. The van der Waals surface area contributed by atoms with Gasteiger partial charge in [0.15, 0.2) is 6.04 Å². The highest BCUT2D eigenvalue weighted by molar-refractivity contribution is 5.31. The first kappa shape index (κ1) is 20.5. The Morgan fingerprint density at radius 2 is 1.70 bits per heavy atom. The Balaban J connectivity index is 1.59. The SMILES string of the molecule is COCCn1nnnc1[C@H](c1ccc(OC)cc1)[NH+]1CC[NH+](c2ccccc2)CC1. The van der Waals surface area contributed by atoms with Gasteiger partial charge in [0.1, 0.15) is 37.6 Å². The van der Waals surface area contributed by atoms with Crippen molar-refractivity contribution in [1.82, 2.24) is 20.2 Å². The van der Waals surface area contributed by atoms with E-state index in [-0.39, 0.29) is 6.04 Å². The summed E-state index contributed by atoms with van der Waals surface area (Å²) in [4.78, 5) is 3.01. The molecule has 0 radical (unpaired) electrons. The van der Waals surface area contributed by atoms with E-state index in [2.05, 4.69) is 58.0 Å². The second kappa shape index (κ2) is 9.80. The highest BCUT2D eigenvalue weighted by atomic mass is 16.5. The molecule has 158 valence electrons. The number of nitrogens with zero attached hydrogens (tertiary/aromatic N) is 4. The first-order valence-corrected chi connectivity index (χ1v) is 10.4. The Hall–Kier alpha value is -2.81. The van der Waals surface area contributed by atoms with Crippen molar-refractivity contribution in [1.29, 1.82) is 0 Å². The van der Waals surface area contributed by atoms with Crippen LogP contribution in [0.4, 0.5) is 5.69 Å². The fourth-order valence-corrected chi connectivity index (χ4v) is 4.24. The fraction of sp³-hybridized carbons (Fsp3) is 0.409. The lowest BCUT2D eigenvalue weighted by atomic mass is 10.0. The summed E-state index contributed by atoms with van der Waals surface area (Å²) in [5, 5.41) is 12.6. The lowest BCUT2D eigenvalue weighted by Crippen LogP contribution is -3.26. The number of nitrogens with one attached hydrogen (secondary N) is 2. The van der Waals surface area contributed by atoms with Gasteiger partial charge < -0.3 is 14.4 Å². The number of methoxy groups -OCH3 is 2. The van der Waals surface area contributed by atoms with Gasteiger partial charge in [0, 0.05) is 12.7 Å². The zero-order valence-corrected chi connectivity index (χ0v) is 17.6. The fourth-order valence-electron chi connectivity index (χ4n) is 4.24. The van der Waals surface area contributed by atoms with Gasteiger partial charge in [0.2, 0.25) is 5.82 Å². The molecule has 1 aromatic heterocycles. The summed E-state index contributed by atoms with van der Waals surface area (Å²) in [6, 6.07) is 19.1. The quantitative estimate of drug-likeness (QED) is 0.526. The zero-order valence-electron chi connectivity index (χ0n) is 17.6. The number of ether oxygens (including phenoxy) is 2. The molecule has 30 heavy (non-hydrogen) atoms. The van der Waals surface area contributed by atoms with Crippen LogP contribution in [0.25, 0.3) is 0 Å². The Bertz CT molecular complexity index is 907. The van der Waals surface area contributed by atoms with E-state index >= 15 is 0 Å². The van der Waals surface area contributed by atoms with Crippen LogP contribution in [0, 0.1) is 0 Å². The summed E-state index contributed by atoms with van der Waals surface area (Å²) in [6.07, 6.45) is 0. The van der Waals surface area contributed by atoms with Crippen molar-refractivity contribution >= 4 is 5.69 Å². The summed E-state index contributed by atoms with van der Waals surface area (Å²) < 4.78 is 12.5. The number of aromatic nitrogens is 4. The minimum atomic E-state index is 0.0695. The number of piperazine rings is 1. The lowest BCUT2D eigenvalue weighted by molar-refractivity contribution is -1.00. The molecule has 8 nitrogen and oxygen atoms in total. The van der Waals surface area contributed by atoms with Crippen molar-refractivity contribution in [3.05, 3.63) is 66.0 Å². The van der Waals surface area contributed by atoms with Crippen LogP contribution in [0.15, 0.2) is 54.6 Å². The van der Waals surface area contributed by atoms with E-state index in [1.54, 1.807) is 14.2 Å². The molecule has 0 unspecified atom stereocenters. The molecule has 0 spiro atoms. The van der Waals surface area contributed by atoms with Crippen molar-refractivity contribution in [2.24, 2.45) is 0 Å². The van der Waals surface area contributed by atoms with Crippen molar-refractivity contribution in [3.8, 4) is 5.75 Å². The van der Waals surface area contributed by atoms with Crippen molar-refractivity contribution < 1.29 is 19.3 Å². The topological polar surface area (TPSA) is 70.9 Å². The Labute approximate surface area is 177 Å². The molecule has 0 aliphatic carbocycles. The Kier molecular flexibility index (Phi) is 6.68. The normalized spacial score (nSPS) is 20.1. The van der Waals surface area contributed by atoms with Gasteiger partial charge in [-0.2, -0.15) is 0 Å². The molecule has 1 fully saturated rings. The summed E-state index contributed by atoms with van der Waals surface area (Å²) in [5.74, 6) is 1.74. The molecule has 0 saturated carbocycles. The van der Waals surface area contributed by atoms with Crippen molar-refractivity contribution in [3.63, 3.8) is 0 Å². The molecule has 0 amide bonds. The molecule has 3 aromatic rings. The smallest absolute Gasteiger partial charge is 0.214 e. The van der Waals surface area contributed by atoms with Gasteiger partial charge in [0.25, 0.3) is 0 Å². The average molecular weight is 411 g/mol. The number of para-hydroxylation sites is 1. The number of hydrogen-bond donors (Lipinski definition) is 2. The summed E-state index contributed by atoms with van der Waals surface area (Å²) >= 11 is 0. The Morgan fingerprint density at radius 1 is 0.967 bits per heavy atom. The highest BCUT2D eigenvalue weighted by Crippen LogP contribution is 2.20. The maximum atomic E-state index is 5.35. The predicted octanol–water partition coefficient (Wildman–Crippen LogP) is -0.467. The number of quaternary nitrogens is 2. The van der Waals surface area contributed by atoms with E-state index in [4.69, 9.17) is 9.47 Å². The molecule has 2 N–H and O–H groups in total. The van der Waals surface area contributed by atoms with Gasteiger partial charge in [-0.1, -0.05) is 18.2 Å². The summed E-state index contributed by atoms with van der Waals surface area (Å²) in [6.45, 7) is 5.45. The van der Waals surface area contributed by atoms with Crippen LogP contribution in [0.1, 0.15) is 17.4 Å². The third-order valence-corrected chi connectivity index (χ3v) is 5.86. The number of hydrogen-bond acceptors (Lipinski definition) is 5. The highest BCUT2D eigenvalue weighted by Gasteiger charge is 2.36. The van der Waals surface area contributed by atoms with E-state index < -0.39 is 0 Å². The first-order chi connectivity index (χ1) is 14.8. The average Bonchev–Trinajstić information content (AvgIpc) is 3.27. The summed E-state index contributed by atoms with van der Waals surface area (Å²) in [5.41, 5.74) is 2.56. The standard InChI is InChI=1S/C22H28N6O2/c1-29-17-16-28-22(23-24-25-28)21(18-8-10-20(30-2)11-9-18)27-14-12-26(13-15-27)19-6-4-3-5-7-19/h3-11,21H,12-17H2,1-2H3/p+2/t21-/m0/s1. The maximum Gasteiger partial charge on any atom is 0.214 e. The molecule has 2 aromatic carbocycles. The van der Waals surface area contributed by atoms with Crippen LogP contribution >= 0.6 is 0 Å². The number of rotatable bonds is 8. The number of tetrazole rings is 1. The van der Waals surface area contributed by atoms with Gasteiger partial charge in [-0.25, -0.2) is 4.68 Å². The van der Waals surface area contributed by atoms with Crippen LogP contribution in [-0.4, -0.2) is 67.2 Å². The Morgan fingerprint density at radius 3 is 2.37 bits per heavy atom. The maximum absolute atomic E-state index is 5.35. The van der Waals surface area contributed by atoms with Crippen LogP contribution in [0.5, 0.6) is 5.75 Å². The number of benzene rings is 2. The van der Waals surface area contributed by atoms with Gasteiger partial charge in [0.05, 0.1) is 20.3 Å². The second-order valence-corrected chi connectivity index (χ2v) is 7.59. The third kappa shape index (κ3) is 4.51. The molecule has 0 bridgehead atoms. The molecular formula is C22H30N6O2+2. The van der Waals surface area contributed by atoms with E-state index in [1.807, 2.05) is 16.8 Å². The van der Waals surface area contributed by atoms with E-state index in [0.717, 1.165) is 37.8 Å². The zero-order chi connectivity index (χ0) is 20.8. The van der Waals surface area contributed by atoms with Gasteiger partial charge in [-0.15, -0.1) is 5.10 Å². The largest absolute Gasteiger partial charge is 0.497 e. The van der Waals surface area contributed by atoms with E-state index in [0.29, 0.717) is 13.2 Å². The van der Waals surface area contributed by atoms with Gasteiger partial charge in [-0.3, -0.25) is 4.90 Å².